The summed E-state index contributed by atoms with van der Waals surface area (Å²) in [7, 11) is 0. The molecule has 1 unspecified atom stereocenters. The number of imide groups is 1. The van der Waals surface area contributed by atoms with E-state index in [-0.39, 0.29) is 11.8 Å². The first-order valence-electron chi connectivity index (χ1n) is 10.7. The second-order valence-electron chi connectivity index (χ2n) is 7.87. The van der Waals surface area contributed by atoms with Crippen molar-refractivity contribution in [1.29, 1.82) is 0 Å². The Morgan fingerprint density at radius 3 is 2.00 bits per heavy atom. The molecule has 0 spiro atoms. The largest absolute Gasteiger partial charge is 0.315 e. The fraction of sp³-hybridized carbons (Fsp3) is 0.154. The topological polar surface area (TPSA) is 65.3 Å². The smallest absolute Gasteiger partial charge is 0.262 e. The molecule has 2 heterocycles. The lowest BCUT2D eigenvalue weighted by atomic mass is 10.1. The van der Waals surface area contributed by atoms with Crippen molar-refractivity contribution < 1.29 is 9.59 Å². The molecule has 6 nitrogen and oxygen atoms in total. The molecule has 0 N–H and O–H groups in total. The number of rotatable bonds is 5. The fourth-order valence-electron chi connectivity index (χ4n) is 3.99. The van der Waals surface area contributed by atoms with Gasteiger partial charge >= 0.3 is 0 Å². The first-order valence-corrected chi connectivity index (χ1v) is 11.7. The molecule has 0 radical (unpaired) electrons. The molecule has 3 aromatic rings. The Labute approximate surface area is 196 Å². The Balaban J connectivity index is 1.41. The molecule has 1 atom stereocenters. The predicted molar refractivity (Wildman–Crippen MR) is 133 cm³/mol. The van der Waals surface area contributed by atoms with E-state index in [2.05, 4.69) is 27.2 Å². The van der Waals surface area contributed by atoms with Gasteiger partial charge in [-0.05, 0) is 36.8 Å². The zero-order chi connectivity index (χ0) is 22.8. The van der Waals surface area contributed by atoms with E-state index >= 15 is 0 Å². The van der Waals surface area contributed by atoms with Gasteiger partial charge in [0, 0.05) is 11.4 Å². The van der Waals surface area contributed by atoms with Crippen molar-refractivity contribution >= 4 is 40.1 Å². The second kappa shape index (κ2) is 9.03. The van der Waals surface area contributed by atoms with Gasteiger partial charge in [0.05, 0.1) is 29.4 Å². The highest BCUT2D eigenvalue weighted by Crippen LogP contribution is 2.28. The summed E-state index contributed by atoms with van der Waals surface area (Å²) < 4.78 is 0. The Morgan fingerprint density at radius 2 is 1.42 bits per heavy atom. The lowest BCUT2D eigenvalue weighted by Gasteiger charge is -2.29. The molecule has 5 rings (SSSR count). The van der Waals surface area contributed by atoms with E-state index < -0.39 is 6.04 Å². The number of carbonyl (C=O) groups is 2. The van der Waals surface area contributed by atoms with Crippen LogP contribution in [0, 0.1) is 0 Å². The number of para-hydroxylation sites is 1. The molecule has 0 aliphatic carbocycles. The number of amides is 2. The Morgan fingerprint density at radius 1 is 0.848 bits per heavy atom. The Kier molecular flexibility index (Phi) is 5.79. The molecule has 164 valence electrons. The van der Waals surface area contributed by atoms with Crippen LogP contribution in [-0.4, -0.2) is 39.4 Å². The molecule has 3 aromatic carbocycles. The van der Waals surface area contributed by atoms with Crippen LogP contribution in [0.2, 0.25) is 0 Å². The standard InChI is InChI=1S/C26H22N4O2S/c1-18(30-24(31)21-14-8-9-15-22(21)25(30)32)23-17-33-26(28-27-23)29(20-12-6-3-7-13-20)16-19-10-4-2-5-11-19/h2-15,18H,16-17H2,1H3. The van der Waals surface area contributed by atoms with E-state index in [0.29, 0.717) is 29.1 Å². The van der Waals surface area contributed by atoms with Gasteiger partial charge in [-0.15, -0.1) is 5.10 Å². The summed E-state index contributed by atoms with van der Waals surface area (Å²) in [5.74, 6) is -0.00736. The highest BCUT2D eigenvalue weighted by molar-refractivity contribution is 8.14. The van der Waals surface area contributed by atoms with Crippen molar-refractivity contribution in [3.05, 3.63) is 102 Å². The average molecular weight is 455 g/mol. The molecule has 2 aliphatic rings. The van der Waals surface area contributed by atoms with Crippen LogP contribution in [-0.2, 0) is 6.54 Å². The minimum absolute atomic E-state index is 0.277. The van der Waals surface area contributed by atoms with Gasteiger partial charge in [-0.3, -0.25) is 14.5 Å². The predicted octanol–water partition coefficient (Wildman–Crippen LogP) is 4.84. The van der Waals surface area contributed by atoms with Crippen molar-refractivity contribution in [2.75, 3.05) is 10.7 Å². The van der Waals surface area contributed by atoms with E-state index in [0.717, 1.165) is 10.9 Å². The summed E-state index contributed by atoms with van der Waals surface area (Å²) in [6.07, 6.45) is 0. The molecule has 0 aromatic heterocycles. The van der Waals surface area contributed by atoms with Crippen LogP contribution < -0.4 is 4.90 Å². The Bertz CT molecular complexity index is 1220. The molecular formula is C26H22N4O2S. The van der Waals surface area contributed by atoms with Gasteiger partial charge in [-0.1, -0.05) is 72.4 Å². The van der Waals surface area contributed by atoms with Crippen molar-refractivity contribution in [3.63, 3.8) is 0 Å². The summed E-state index contributed by atoms with van der Waals surface area (Å²) >= 11 is 1.56. The second-order valence-corrected chi connectivity index (χ2v) is 8.81. The minimum Gasteiger partial charge on any atom is -0.315 e. The van der Waals surface area contributed by atoms with Crippen LogP contribution in [0.4, 0.5) is 5.69 Å². The van der Waals surface area contributed by atoms with Crippen LogP contribution in [0.25, 0.3) is 0 Å². The van der Waals surface area contributed by atoms with Gasteiger partial charge in [-0.2, -0.15) is 5.10 Å². The average Bonchev–Trinajstić information content (AvgIpc) is 3.13. The third-order valence-corrected chi connectivity index (χ3v) is 6.79. The lowest BCUT2D eigenvalue weighted by molar-refractivity contribution is 0.0634. The monoisotopic (exact) mass is 454 g/mol. The first-order chi connectivity index (χ1) is 16.1. The minimum atomic E-state index is -0.463. The lowest BCUT2D eigenvalue weighted by Crippen LogP contribution is -2.44. The van der Waals surface area contributed by atoms with E-state index in [4.69, 9.17) is 0 Å². The number of nitrogens with zero attached hydrogens (tertiary/aromatic N) is 4. The van der Waals surface area contributed by atoms with Crippen LogP contribution in [0.15, 0.2) is 95.1 Å². The van der Waals surface area contributed by atoms with E-state index in [1.807, 2.05) is 55.5 Å². The van der Waals surface area contributed by atoms with Gasteiger partial charge in [0.2, 0.25) is 0 Å². The number of thioether (sulfide) groups is 1. The molecule has 2 amide bonds. The van der Waals surface area contributed by atoms with Crippen LogP contribution in [0.1, 0.15) is 33.2 Å². The van der Waals surface area contributed by atoms with Gasteiger partial charge in [0.1, 0.15) is 0 Å². The normalized spacial score (nSPS) is 16.2. The van der Waals surface area contributed by atoms with Crippen molar-refractivity contribution in [2.45, 2.75) is 19.5 Å². The maximum atomic E-state index is 12.9. The maximum absolute atomic E-state index is 12.9. The number of hydrogen-bond donors (Lipinski definition) is 0. The van der Waals surface area contributed by atoms with Gasteiger partial charge < -0.3 is 4.90 Å². The van der Waals surface area contributed by atoms with Gasteiger partial charge in [0.25, 0.3) is 11.8 Å². The zero-order valence-electron chi connectivity index (χ0n) is 18.1. The summed E-state index contributed by atoms with van der Waals surface area (Å²) in [5, 5.41) is 9.77. The summed E-state index contributed by atoms with van der Waals surface area (Å²) in [4.78, 5) is 29.1. The highest BCUT2D eigenvalue weighted by Gasteiger charge is 2.40. The van der Waals surface area contributed by atoms with Crippen molar-refractivity contribution in [2.24, 2.45) is 10.2 Å². The first kappa shape index (κ1) is 21.2. The van der Waals surface area contributed by atoms with Gasteiger partial charge in [0.15, 0.2) is 5.17 Å². The van der Waals surface area contributed by atoms with Crippen LogP contribution in [0.3, 0.4) is 0 Å². The summed E-state index contributed by atoms with van der Waals surface area (Å²) in [6.45, 7) is 2.50. The van der Waals surface area contributed by atoms with Crippen LogP contribution in [0.5, 0.6) is 0 Å². The fourth-order valence-corrected chi connectivity index (χ4v) is 4.99. The number of benzene rings is 3. The van der Waals surface area contributed by atoms with E-state index in [1.54, 1.807) is 36.0 Å². The number of fused-ring (bicyclic) bond motifs is 1. The van der Waals surface area contributed by atoms with E-state index in [9.17, 15) is 9.59 Å². The molecule has 7 heteroatoms. The summed E-state index contributed by atoms with van der Waals surface area (Å²) in [6, 6.07) is 26.8. The van der Waals surface area contributed by atoms with Crippen LogP contribution >= 0.6 is 11.8 Å². The molecule has 0 saturated carbocycles. The molecule has 33 heavy (non-hydrogen) atoms. The maximum Gasteiger partial charge on any atom is 0.262 e. The third-order valence-electron chi connectivity index (χ3n) is 5.79. The molecule has 2 aliphatic heterocycles. The highest BCUT2D eigenvalue weighted by atomic mass is 32.2. The number of amidine groups is 1. The molecular weight excluding hydrogens is 432 g/mol. The zero-order valence-corrected chi connectivity index (χ0v) is 18.9. The Hall–Kier alpha value is -3.71. The van der Waals surface area contributed by atoms with Crippen molar-refractivity contribution in [1.82, 2.24) is 4.90 Å². The van der Waals surface area contributed by atoms with Crippen molar-refractivity contribution in [3.8, 4) is 0 Å². The number of anilines is 1. The quantitative estimate of drug-likeness (QED) is 0.518. The van der Waals surface area contributed by atoms with Gasteiger partial charge in [-0.25, -0.2) is 0 Å². The molecule has 0 saturated heterocycles. The third kappa shape index (κ3) is 4.07. The number of hydrogen-bond acceptors (Lipinski definition) is 6. The number of carbonyl (C=O) groups excluding carboxylic acids is 2. The molecule has 0 bridgehead atoms. The molecule has 0 fully saturated rings. The summed E-state index contributed by atoms with van der Waals surface area (Å²) in [5.41, 5.74) is 3.78. The van der Waals surface area contributed by atoms with E-state index in [1.165, 1.54) is 10.5 Å². The SMILES string of the molecule is CC(C1=NN=C(N(Cc2ccccc2)c2ccccc2)SC1)N1C(=O)c2ccccc2C1=O.